The lowest BCUT2D eigenvalue weighted by molar-refractivity contribution is 0.0693. The summed E-state index contributed by atoms with van der Waals surface area (Å²) in [4.78, 5) is 10.7. The molecule has 0 amide bonds. The van der Waals surface area contributed by atoms with Gasteiger partial charge in [0.25, 0.3) is 0 Å². The van der Waals surface area contributed by atoms with Gasteiger partial charge >= 0.3 is 5.97 Å². The SMILES string of the molecule is Cc1cc(O)c(C(=O)O)cc1C(C)C. The van der Waals surface area contributed by atoms with E-state index in [4.69, 9.17) is 5.11 Å². The Labute approximate surface area is 83.0 Å². The summed E-state index contributed by atoms with van der Waals surface area (Å²) in [5.41, 5.74) is 1.85. The van der Waals surface area contributed by atoms with E-state index in [2.05, 4.69) is 0 Å². The molecule has 0 aliphatic heterocycles. The van der Waals surface area contributed by atoms with E-state index in [1.54, 1.807) is 0 Å². The Balaban J connectivity index is 3.34. The van der Waals surface area contributed by atoms with Crippen molar-refractivity contribution in [1.82, 2.24) is 0 Å². The zero-order valence-corrected chi connectivity index (χ0v) is 8.53. The molecule has 0 saturated heterocycles. The second-order valence-corrected chi connectivity index (χ2v) is 3.69. The number of carboxylic acids is 1. The van der Waals surface area contributed by atoms with Crippen molar-refractivity contribution in [1.29, 1.82) is 0 Å². The van der Waals surface area contributed by atoms with Crippen LogP contribution in [0.3, 0.4) is 0 Å². The third kappa shape index (κ3) is 1.87. The smallest absolute Gasteiger partial charge is 0.339 e. The summed E-state index contributed by atoms with van der Waals surface area (Å²) < 4.78 is 0. The molecule has 0 saturated carbocycles. The number of aryl methyl sites for hydroxylation is 1. The highest BCUT2D eigenvalue weighted by atomic mass is 16.4. The van der Waals surface area contributed by atoms with Crippen LogP contribution in [0.25, 0.3) is 0 Å². The first-order valence-electron chi connectivity index (χ1n) is 4.50. The standard InChI is InChI=1S/C11H14O3/c1-6(2)8-5-9(11(13)14)10(12)4-7(8)3/h4-6,12H,1-3H3,(H,13,14). The molecule has 0 fully saturated rings. The summed E-state index contributed by atoms with van der Waals surface area (Å²) in [6.07, 6.45) is 0. The highest BCUT2D eigenvalue weighted by Crippen LogP contribution is 2.26. The largest absolute Gasteiger partial charge is 0.507 e. The molecule has 3 nitrogen and oxygen atoms in total. The second kappa shape index (κ2) is 3.70. The van der Waals surface area contributed by atoms with Gasteiger partial charge in [-0.25, -0.2) is 4.79 Å². The lowest BCUT2D eigenvalue weighted by Crippen LogP contribution is -2.01. The number of benzene rings is 1. The van der Waals surface area contributed by atoms with E-state index in [1.807, 2.05) is 20.8 Å². The van der Waals surface area contributed by atoms with E-state index in [-0.39, 0.29) is 17.2 Å². The first-order valence-corrected chi connectivity index (χ1v) is 4.50. The van der Waals surface area contributed by atoms with E-state index in [0.29, 0.717) is 0 Å². The molecule has 3 heteroatoms. The fraction of sp³-hybridized carbons (Fsp3) is 0.364. The zero-order valence-electron chi connectivity index (χ0n) is 8.53. The predicted molar refractivity (Wildman–Crippen MR) is 53.9 cm³/mol. The Morgan fingerprint density at radius 1 is 1.36 bits per heavy atom. The number of hydrogen-bond acceptors (Lipinski definition) is 2. The molecule has 1 aromatic rings. The van der Waals surface area contributed by atoms with Crippen LogP contribution in [0.2, 0.25) is 0 Å². The van der Waals surface area contributed by atoms with Gasteiger partial charge in [-0.15, -0.1) is 0 Å². The van der Waals surface area contributed by atoms with Crippen molar-refractivity contribution in [3.8, 4) is 5.75 Å². The molecule has 0 bridgehead atoms. The molecule has 76 valence electrons. The Morgan fingerprint density at radius 2 is 1.93 bits per heavy atom. The van der Waals surface area contributed by atoms with E-state index < -0.39 is 5.97 Å². The zero-order chi connectivity index (χ0) is 10.9. The summed E-state index contributed by atoms with van der Waals surface area (Å²) >= 11 is 0. The van der Waals surface area contributed by atoms with Crippen LogP contribution in [-0.4, -0.2) is 16.2 Å². The first-order chi connectivity index (χ1) is 6.43. The Hall–Kier alpha value is -1.51. The number of carboxylic acid groups (broad SMARTS) is 1. The number of carbonyl (C=O) groups is 1. The topological polar surface area (TPSA) is 57.5 Å². The number of aromatic hydroxyl groups is 1. The molecule has 1 aromatic carbocycles. The third-order valence-electron chi connectivity index (χ3n) is 2.24. The van der Waals surface area contributed by atoms with Crippen molar-refractivity contribution >= 4 is 5.97 Å². The molecule has 0 atom stereocenters. The van der Waals surface area contributed by atoms with E-state index in [0.717, 1.165) is 11.1 Å². The van der Waals surface area contributed by atoms with Gasteiger partial charge in [0.05, 0.1) is 0 Å². The number of aromatic carboxylic acids is 1. The average molecular weight is 194 g/mol. The van der Waals surface area contributed by atoms with Crippen LogP contribution < -0.4 is 0 Å². The van der Waals surface area contributed by atoms with Gasteiger partial charge in [-0.1, -0.05) is 13.8 Å². The Morgan fingerprint density at radius 3 is 2.36 bits per heavy atom. The monoisotopic (exact) mass is 194 g/mol. The molecular weight excluding hydrogens is 180 g/mol. The minimum absolute atomic E-state index is 0.0284. The lowest BCUT2D eigenvalue weighted by atomic mass is 9.95. The second-order valence-electron chi connectivity index (χ2n) is 3.69. The van der Waals surface area contributed by atoms with Gasteiger partial charge in [-0.2, -0.15) is 0 Å². The minimum Gasteiger partial charge on any atom is -0.507 e. The van der Waals surface area contributed by atoms with Crippen LogP contribution in [-0.2, 0) is 0 Å². The number of rotatable bonds is 2. The molecule has 0 aliphatic rings. The van der Waals surface area contributed by atoms with E-state index in [9.17, 15) is 9.90 Å². The summed E-state index contributed by atoms with van der Waals surface area (Å²) in [6.45, 7) is 5.84. The quantitative estimate of drug-likeness (QED) is 0.760. The Kier molecular flexibility index (Phi) is 2.79. The maximum atomic E-state index is 10.7. The lowest BCUT2D eigenvalue weighted by Gasteiger charge is -2.11. The third-order valence-corrected chi connectivity index (χ3v) is 2.24. The molecule has 1 rings (SSSR count). The fourth-order valence-corrected chi connectivity index (χ4v) is 1.50. The molecule has 2 N–H and O–H groups in total. The van der Waals surface area contributed by atoms with Crippen molar-refractivity contribution in [2.24, 2.45) is 0 Å². The highest BCUT2D eigenvalue weighted by Gasteiger charge is 2.13. The summed E-state index contributed by atoms with van der Waals surface area (Å²) in [5, 5.41) is 18.2. The van der Waals surface area contributed by atoms with Gasteiger partial charge in [0, 0.05) is 0 Å². The molecule has 0 aromatic heterocycles. The highest BCUT2D eigenvalue weighted by molar-refractivity contribution is 5.91. The molecule has 0 aliphatic carbocycles. The van der Waals surface area contributed by atoms with Crippen molar-refractivity contribution in [2.75, 3.05) is 0 Å². The van der Waals surface area contributed by atoms with E-state index >= 15 is 0 Å². The first kappa shape index (κ1) is 10.6. The summed E-state index contributed by atoms with van der Waals surface area (Å²) in [7, 11) is 0. The van der Waals surface area contributed by atoms with Crippen LogP contribution in [0.1, 0.15) is 41.3 Å². The van der Waals surface area contributed by atoms with Crippen LogP contribution in [0, 0.1) is 6.92 Å². The van der Waals surface area contributed by atoms with Crippen molar-refractivity contribution < 1.29 is 15.0 Å². The molecule has 0 spiro atoms. The van der Waals surface area contributed by atoms with Crippen LogP contribution in [0.5, 0.6) is 5.75 Å². The van der Waals surface area contributed by atoms with Crippen molar-refractivity contribution in [3.63, 3.8) is 0 Å². The van der Waals surface area contributed by atoms with Gasteiger partial charge in [0.2, 0.25) is 0 Å². The maximum Gasteiger partial charge on any atom is 0.339 e. The predicted octanol–water partition coefficient (Wildman–Crippen LogP) is 2.52. The van der Waals surface area contributed by atoms with Gasteiger partial charge in [0.1, 0.15) is 11.3 Å². The summed E-state index contributed by atoms with van der Waals surface area (Å²) in [6, 6.07) is 3.04. The Bertz CT molecular complexity index is 367. The molecule has 0 unspecified atom stereocenters. The van der Waals surface area contributed by atoms with Crippen molar-refractivity contribution in [2.45, 2.75) is 26.7 Å². The van der Waals surface area contributed by atoms with Gasteiger partial charge in [-0.05, 0) is 36.1 Å². The van der Waals surface area contributed by atoms with Crippen molar-refractivity contribution in [3.05, 3.63) is 28.8 Å². The number of phenols is 1. The molecule has 0 radical (unpaired) electrons. The van der Waals surface area contributed by atoms with Crippen LogP contribution in [0.15, 0.2) is 12.1 Å². The van der Waals surface area contributed by atoms with Gasteiger partial charge < -0.3 is 10.2 Å². The molecular formula is C11H14O3. The fourth-order valence-electron chi connectivity index (χ4n) is 1.50. The minimum atomic E-state index is -1.09. The average Bonchev–Trinajstić information content (AvgIpc) is 2.02. The number of hydrogen-bond donors (Lipinski definition) is 2. The normalized spacial score (nSPS) is 10.6. The maximum absolute atomic E-state index is 10.7. The van der Waals surface area contributed by atoms with Crippen LogP contribution in [0.4, 0.5) is 0 Å². The van der Waals surface area contributed by atoms with Gasteiger partial charge in [0.15, 0.2) is 0 Å². The molecule has 0 heterocycles. The van der Waals surface area contributed by atoms with Gasteiger partial charge in [-0.3, -0.25) is 0 Å². The van der Waals surface area contributed by atoms with Crippen LogP contribution >= 0.6 is 0 Å². The molecule has 14 heavy (non-hydrogen) atoms. The van der Waals surface area contributed by atoms with E-state index in [1.165, 1.54) is 12.1 Å². The summed E-state index contributed by atoms with van der Waals surface area (Å²) in [5.74, 6) is -1.00.